The standard InChI is InChI=1S/C26H27F3N6O3S/c1-34-8-10-35(11-9-34)15-3-7-19(38-26(27,28)29)18(12-15)32-25-31-13-14-2-6-17-20(21(14)33-25)24(37-16-4-5-16)39-22(17)23(30)36/h3,7,12-13,16H,2,4-6,8-11H2,1H3,(H2,30,36)(H,31,32,33). The van der Waals surface area contributed by atoms with Crippen LogP contribution in [0.25, 0.3) is 11.3 Å². The van der Waals surface area contributed by atoms with Gasteiger partial charge in [-0.2, -0.15) is 0 Å². The zero-order valence-electron chi connectivity index (χ0n) is 21.2. The van der Waals surface area contributed by atoms with E-state index >= 15 is 0 Å². The molecule has 3 aromatic rings. The molecule has 3 heterocycles. The number of aromatic nitrogens is 2. The highest BCUT2D eigenvalue weighted by molar-refractivity contribution is 7.16. The number of benzene rings is 1. The topological polar surface area (TPSA) is 106 Å². The van der Waals surface area contributed by atoms with Crippen molar-refractivity contribution in [1.82, 2.24) is 14.9 Å². The molecule has 1 aliphatic heterocycles. The van der Waals surface area contributed by atoms with Crippen molar-refractivity contribution in [3.63, 3.8) is 0 Å². The monoisotopic (exact) mass is 560 g/mol. The van der Waals surface area contributed by atoms with Gasteiger partial charge >= 0.3 is 6.36 Å². The molecule has 1 saturated heterocycles. The number of halogens is 3. The van der Waals surface area contributed by atoms with E-state index < -0.39 is 12.3 Å². The molecule has 13 heteroatoms. The number of aryl methyl sites for hydroxylation is 1. The quantitative estimate of drug-likeness (QED) is 0.440. The van der Waals surface area contributed by atoms with E-state index in [1.54, 1.807) is 18.3 Å². The Kier molecular flexibility index (Phi) is 6.50. The first-order valence-corrected chi connectivity index (χ1v) is 13.5. The molecule has 1 saturated carbocycles. The lowest BCUT2D eigenvalue weighted by Gasteiger charge is -2.34. The van der Waals surface area contributed by atoms with E-state index in [2.05, 4.69) is 24.8 Å². The number of rotatable bonds is 7. The highest BCUT2D eigenvalue weighted by atomic mass is 32.1. The number of likely N-dealkylation sites (N-methyl/N-ethyl adjacent to an activating group) is 1. The molecule has 9 nitrogen and oxygen atoms in total. The van der Waals surface area contributed by atoms with Crippen LogP contribution >= 0.6 is 11.3 Å². The van der Waals surface area contributed by atoms with Crippen LogP contribution in [0, 0.1) is 0 Å². The Bertz CT molecular complexity index is 1420. The number of fused-ring (bicyclic) bond motifs is 3. The van der Waals surface area contributed by atoms with Crippen molar-refractivity contribution in [2.24, 2.45) is 5.73 Å². The number of nitrogens with zero attached hydrogens (tertiary/aromatic N) is 4. The molecule has 3 aliphatic rings. The van der Waals surface area contributed by atoms with Crippen molar-refractivity contribution in [2.75, 3.05) is 43.4 Å². The largest absolute Gasteiger partial charge is 0.573 e. The van der Waals surface area contributed by atoms with Crippen molar-refractivity contribution in [2.45, 2.75) is 38.1 Å². The maximum Gasteiger partial charge on any atom is 0.573 e. The average Bonchev–Trinajstić information content (AvgIpc) is 3.62. The van der Waals surface area contributed by atoms with Gasteiger partial charge in [-0.3, -0.25) is 4.79 Å². The molecule has 0 bridgehead atoms. The number of carbonyl (C=O) groups excluding carboxylic acids is 1. The number of alkyl halides is 3. The number of piperazine rings is 1. The third-order valence-corrected chi connectivity index (χ3v) is 8.18. The van der Waals surface area contributed by atoms with Crippen LogP contribution in [0.1, 0.15) is 33.6 Å². The van der Waals surface area contributed by atoms with Gasteiger partial charge < -0.3 is 30.3 Å². The molecular formula is C26H27F3N6O3S. The average molecular weight is 561 g/mol. The number of nitrogens with two attached hydrogens (primary N) is 1. The molecule has 0 spiro atoms. The van der Waals surface area contributed by atoms with E-state index in [1.165, 1.54) is 17.4 Å². The number of anilines is 3. The van der Waals surface area contributed by atoms with Gasteiger partial charge in [0.1, 0.15) is 6.10 Å². The lowest BCUT2D eigenvalue weighted by molar-refractivity contribution is -0.274. The molecule has 1 amide bonds. The summed E-state index contributed by atoms with van der Waals surface area (Å²) in [6.45, 7) is 3.19. The first-order valence-electron chi connectivity index (χ1n) is 12.7. The van der Waals surface area contributed by atoms with Gasteiger partial charge in [0, 0.05) is 38.1 Å². The van der Waals surface area contributed by atoms with E-state index in [4.69, 9.17) is 15.5 Å². The predicted octanol–water partition coefficient (Wildman–Crippen LogP) is 4.34. The lowest BCUT2D eigenvalue weighted by Crippen LogP contribution is -2.44. The minimum atomic E-state index is -4.87. The highest BCUT2D eigenvalue weighted by Gasteiger charge is 2.34. The van der Waals surface area contributed by atoms with E-state index in [1.807, 2.05) is 7.05 Å². The zero-order chi connectivity index (χ0) is 27.3. The third-order valence-electron chi connectivity index (χ3n) is 7.05. The van der Waals surface area contributed by atoms with Crippen LogP contribution in [-0.4, -0.2) is 66.5 Å². The van der Waals surface area contributed by atoms with E-state index in [0.717, 1.165) is 55.8 Å². The first kappa shape index (κ1) is 25.7. The summed E-state index contributed by atoms with van der Waals surface area (Å²) in [4.78, 5) is 26.0. The maximum absolute atomic E-state index is 13.2. The van der Waals surface area contributed by atoms with Crippen LogP contribution in [-0.2, 0) is 12.8 Å². The normalized spacial score (nSPS) is 17.4. The van der Waals surface area contributed by atoms with E-state index in [0.29, 0.717) is 34.0 Å². The van der Waals surface area contributed by atoms with Crippen LogP contribution < -0.4 is 25.4 Å². The van der Waals surface area contributed by atoms with Crippen molar-refractivity contribution < 1.29 is 27.4 Å². The summed E-state index contributed by atoms with van der Waals surface area (Å²) in [5.74, 6) is -0.799. The predicted molar refractivity (Wildman–Crippen MR) is 141 cm³/mol. The number of carbonyl (C=O) groups is 1. The first-order chi connectivity index (χ1) is 18.6. The summed E-state index contributed by atoms with van der Waals surface area (Å²) in [5.41, 5.74) is 9.47. The molecule has 6 rings (SSSR count). The fourth-order valence-electron chi connectivity index (χ4n) is 4.88. The molecule has 2 aromatic heterocycles. The second-order valence-electron chi connectivity index (χ2n) is 9.96. The molecular weight excluding hydrogens is 533 g/mol. The van der Waals surface area contributed by atoms with Crippen molar-refractivity contribution in [1.29, 1.82) is 0 Å². The second-order valence-corrected chi connectivity index (χ2v) is 10.9. The SMILES string of the molecule is CN1CCN(c2ccc(OC(F)(F)F)c(Nc3ncc4c(n3)-c3c(OC5CC5)sc(C(N)=O)c3CC4)c2)CC1. The number of amides is 1. The fourth-order valence-corrected chi connectivity index (χ4v) is 6.00. The Morgan fingerprint density at radius 1 is 1.18 bits per heavy atom. The van der Waals surface area contributed by atoms with Gasteiger partial charge in [-0.1, -0.05) is 11.3 Å². The Balaban J connectivity index is 1.36. The molecule has 0 unspecified atom stereocenters. The fraction of sp³-hybridized carbons (Fsp3) is 0.423. The second kappa shape index (κ2) is 9.87. The molecule has 0 atom stereocenters. The molecule has 206 valence electrons. The van der Waals surface area contributed by atoms with Gasteiger partial charge in [-0.05, 0) is 62.1 Å². The zero-order valence-corrected chi connectivity index (χ0v) is 22.0. The summed E-state index contributed by atoms with van der Waals surface area (Å²) in [6, 6.07) is 4.55. The number of primary amides is 1. The van der Waals surface area contributed by atoms with Crippen LogP contribution in [0.4, 0.5) is 30.5 Å². The summed E-state index contributed by atoms with van der Waals surface area (Å²) < 4.78 is 50.1. The van der Waals surface area contributed by atoms with Crippen molar-refractivity contribution in [3.05, 3.63) is 40.4 Å². The van der Waals surface area contributed by atoms with Gasteiger partial charge in [-0.25, -0.2) is 9.97 Å². The number of ether oxygens (including phenoxy) is 2. The van der Waals surface area contributed by atoms with E-state index in [-0.39, 0.29) is 23.5 Å². The molecule has 1 aromatic carbocycles. The number of hydrogen-bond donors (Lipinski definition) is 2. The van der Waals surface area contributed by atoms with Gasteiger partial charge in [0.2, 0.25) is 5.95 Å². The third kappa shape index (κ3) is 5.46. The Morgan fingerprint density at radius 2 is 1.95 bits per heavy atom. The maximum atomic E-state index is 13.2. The Hall–Kier alpha value is -3.58. The Morgan fingerprint density at radius 3 is 2.64 bits per heavy atom. The number of nitrogens with one attached hydrogen (secondary N) is 1. The Labute approximate surface area is 226 Å². The van der Waals surface area contributed by atoms with Crippen LogP contribution in [0.3, 0.4) is 0 Å². The minimum Gasteiger partial charge on any atom is -0.480 e. The lowest BCUT2D eigenvalue weighted by atomic mass is 9.91. The van der Waals surface area contributed by atoms with Gasteiger partial charge in [0.15, 0.2) is 10.8 Å². The summed E-state index contributed by atoms with van der Waals surface area (Å²) in [7, 11) is 2.03. The van der Waals surface area contributed by atoms with Crippen LogP contribution in [0.15, 0.2) is 24.4 Å². The molecule has 3 N–H and O–H groups in total. The van der Waals surface area contributed by atoms with Gasteiger partial charge in [0.05, 0.1) is 21.8 Å². The number of thiophene rings is 1. The van der Waals surface area contributed by atoms with E-state index in [9.17, 15) is 18.0 Å². The van der Waals surface area contributed by atoms with Crippen LogP contribution in [0.5, 0.6) is 10.8 Å². The molecule has 39 heavy (non-hydrogen) atoms. The van der Waals surface area contributed by atoms with Crippen LogP contribution in [0.2, 0.25) is 0 Å². The van der Waals surface area contributed by atoms with Crippen molar-refractivity contribution in [3.8, 4) is 22.1 Å². The summed E-state index contributed by atoms with van der Waals surface area (Å²) in [6.07, 6.45) is -0.0418. The van der Waals surface area contributed by atoms with Crippen molar-refractivity contribution >= 4 is 34.6 Å². The molecule has 2 aliphatic carbocycles. The minimum absolute atomic E-state index is 0.0948. The summed E-state index contributed by atoms with van der Waals surface area (Å²) in [5, 5.41) is 3.54. The highest BCUT2D eigenvalue weighted by Crippen LogP contribution is 2.48. The van der Waals surface area contributed by atoms with Gasteiger partial charge in [0.25, 0.3) is 5.91 Å². The summed E-state index contributed by atoms with van der Waals surface area (Å²) >= 11 is 1.22. The van der Waals surface area contributed by atoms with Gasteiger partial charge in [-0.15, -0.1) is 13.2 Å². The molecule has 2 fully saturated rings. The molecule has 0 radical (unpaired) electrons. The number of hydrogen-bond acceptors (Lipinski definition) is 9. The smallest absolute Gasteiger partial charge is 0.480 e.